The van der Waals surface area contributed by atoms with Gasteiger partial charge in [0, 0.05) is 19.0 Å². The number of rotatable bonds is 6. The van der Waals surface area contributed by atoms with E-state index in [1.54, 1.807) is 7.05 Å². The van der Waals surface area contributed by atoms with Crippen LogP contribution in [0.3, 0.4) is 0 Å². The fourth-order valence-electron chi connectivity index (χ4n) is 1.79. The van der Waals surface area contributed by atoms with Gasteiger partial charge in [0.15, 0.2) is 0 Å². The topological polar surface area (TPSA) is 37.4 Å². The van der Waals surface area contributed by atoms with E-state index in [2.05, 4.69) is 0 Å². The molecule has 3 nitrogen and oxygen atoms in total. The number of benzene rings is 1. The fraction of sp³-hybridized carbons (Fsp3) is 0.571. The van der Waals surface area contributed by atoms with Gasteiger partial charge in [-0.1, -0.05) is 38.1 Å². The van der Waals surface area contributed by atoms with Crippen molar-refractivity contribution in [1.82, 2.24) is 4.31 Å². The van der Waals surface area contributed by atoms with Gasteiger partial charge in [-0.05, 0) is 24.0 Å². The van der Waals surface area contributed by atoms with Crippen molar-refractivity contribution >= 4 is 21.6 Å². The van der Waals surface area contributed by atoms with Crippen molar-refractivity contribution in [3.63, 3.8) is 0 Å². The highest BCUT2D eigenvalue weighted by Crippen LogP contribution is 2.17. The normalized spacial score (nSPS) is 14.1. The van der Waals surface area contributed by atoms with Crippen LogP contribution >= 0.6 is 11.6 Å². The van der Waals surface area contributed by atoms with Crippen LogP contribution < -0.4 is 0 Å². The maximum Gasteiger partial charge on any atom is 0.218 e. The minimum Gasteiger partial charge on any atom is -0.212 e. The third kappa shape index (κ3) is 4.48. The molecule has 0 heterocycles. The summed E-state index contributed by atoms with van der Waals surface area (Å²) in [5.41, 5.74) is 1.72. The summed E-state index contributed by atoms with van der Waals surface area (Å²) in [7, 11) is -1.65. The van der Waals surface area contributed by atoms with Gasteiger partial charge in [-0.25, -0.2) is 12.7 Å². The Bertz CT molecular complexity index is 514. The molecule has 0 saturated carbocycles. The first-order valence-corrected chi connectivity index (χ1v) is 8.51. The van der Waals surface area contributed by atoms with E-state index < -0.39 is 10.0 Å². The fourth-order valence-corrected chi connectivity index (χ4v) is 3.51. The lowest BCUT2D eigenvalue weighted by atomic mass is 10.1. The average molecular weight is 304 g/mol. The van der Waals surface area contributed by atoms with E-state index in [-0.39, 0.29) is 17.7 Å². The second-order valence-corrected chi connectivity index (χ2v) is 7.51. The van der Waals surface area contributed by atoms with Crippen molar-refractivity contribution in [2.45, 2.75) is 38.4 Å². The Kier molecular flexibility index (Phi) is 5.83. The number of halogens is 1. The standard InChI is InChI=1S/C14H22ClNO2S/c1-11(2)12(3)16(4)19(17,18)10-14-7-5-6-13(8-14)9-15/h5-8,11-12H,9-10H2,1-4H3. The zero-order chi connectivity index (χ0) is 14.6. The van der Waals surface area contributed by atoms with E-state index in [1.807, 2.05) is 45.0 Å². The van der Waals surface area contributed by atoms with Crippen LogP contribution in [0.5, 0.6) is 0 Å². The summed E-state index contributed by atoms with van der Waals surface area (Å²) in [5.74, 6) is 0.700. The second kappa shape index (κ2) is 6.73. The summed E-state index contributed by atoms with van der Waals surface area (Å²) < 4.78 is 26.1. The molecule has 0 saturated heterocycles. The van der Waals surface area contributed by atoms with Gasteiger partial charge in [-0.15, -0.1) is 11.6 Å². The van der Waals surface area contributed by atoms with E-state index in [0.717, 1.165) is 11.1 Å². The molecule has 0 aliphatic carbocycles. The minimum absolute atomic E-state index is 0.0128. The van der Waals surface area contributed by atoms with Gasteiger partial charge in [0.2, 0.25) is 10.0 Å². The van der Waals surface area contributed by atoms with E-state index in [9.17, 15) is 8.42 Å². The summed E-state index contributed by atoms with van der Waals surface area (Å²) in [5, 5.41) is 0. The van der Waals surface area contributed by atoms with Gasteiger partial charge >= 0.3 is 0 Å². The summed E-state index contributed by atoms with van der Waals surface area (Å²) in [6.45, 7) is 5.97. The number of hydrogen-bond acceptors (Lipinski definition) is 2. The van der Waals surface area contributed by atoms with E-state index in [4.69, 9.17) is 11.6 Å². The van der Waals surface area contributed by atoms with Crippen LogP contribution in [0.2, 0.25) is 0 Å². The Morgan fingerprint density at radius 1 is 1.21 bits per heavy atom. The van der Waals surface area contributed by atoms with Crippen LogP contribution in [-0.4, -0.2) is 25.8 Å². The molecule has 0 aromatic heterocycles. The number of nitrogens with zero attached hydrogens (tertiary/aromatic N) is 1. The zero-order valence-electron chi connectivity index (χ0n) is 11.9. The third-order valence-corrected chi connectivity index (χ3v) is 5.69. The summed E-state index contributed by atoms with van der Waals surface area (Å²) in [6.07, 6.45) is 0. The second-order valence-electron chi connectivity index (χ2n) is 5.21. The van der Waals surface area contributed by atoms with Crippen molar-refractivity contribution in [2.75, 3.05) is 7.05 Å². The Balaban J connectivity index is 2.90. The molecule has 1 rings (SSSR count). The van der Waals surface area contributed by atoms with Crippen molar-refractivity contribution in [3.8, 4) is 0 Å². The highest BCUT2D eigenvalue weighted by Gasteiger charge is 2.25. The lowest BCUT2D eigenvalue weighted by Gasteiger charge is -2.27. The van der Waals surface area contributed by atoms with Crippen LogP contribution in [0, 0.1) is 5.92 Å². The lowest BCUT2D eigenvalue weighted by molar-refractivity contribution is 0.315. The molecule has 5 heteroatoms. The molecule has 0 spiro atoms. The van der Waals surface area contributed by atoms with Gasteiger partial charge in [-0.3, -0.25) is 0 Å². The first kappa shape index (κ1) is 16.5. The molecule has 0 bridgehead atoms. The van der Waals surface area contributed by atoms with Crippen LogP contribution in [0.1, 0.15) is 31.9 Å². The van der Waals surface area contributed by atoms with Crippen LogP contribution in [0.4, 0.5) is 0 Å². The quantitative estimate of drug-likeness (QED) is 0.757. The van der Waals surface area contributed by atoms with Gasteiger partial charge in [-0.2, -0.15) is 0 Å². The van der Waals surface area contributed by atoms with Crippen LogP contribution in [0.15, 0.2) is 24.3 Å². The number of alkyl halides is 1. The molecule has 0 amide bonds. The largest absolute Gasteiger partial charge is 0.218 e. The maximum atomic E-state index is 12.3. The molecule has 0 radical (unpaired) electrons. The van der Waals surface area contributed by atoms with E-state index in [0.29, 0.717) is 5.88 Å². The lowest BCUT2D eigenvalue weighted by Crippen LogP contribution is -2.38. The smallest absolute Gasteiger partial charge is 0.212 e. The zero-order valence-corrected chi connectivity index (χ0v) is 13.5. The van der Waals surface area contributed by atoms with Gasteiger partial charge in [0.25, 0.3) is 0 Å². The molecule has 19 heavy (non-hydrogen) atoms. The van der Waals surface area contributed by atoms with E-state index >= 15 is 0 Å². The minimum atomic E-state index is -3.29. The Morgan fingerprint density at radius 2 is 1.79 bits per heavy atom. The monoisotopic (exact) mass is 303 g/mol. The van der Waals surface area contributed by atoms with Gasteiger partial charge < -0.3 is 0 Å². The Morgan fingerprint density at radius 3 is 2.32 bits per heavy atom. The summed E-state index contributed by atoms with van der Waals surface area (Å²) >= 11 is 5.76. The van der Waals surface area contributed by atoms with Crippen LogP contribution in [0.25, 0.3) is 0 Å². The van der Waals surface area contributed by atoms with Crippen molar-refractivity contribution in [3.05, 3.63) is 35.4 Å². The summed E-state index contributed by atoms with van der Waals surface area (Å²) in [6, 6.07) is 7.39. The van der Waals surface area contributed by atoms with Gasteiger partial charge in [0.1, 0.15) is 0 Å². The predicted molar refractivity (Wildman–Crippen MR) is 80.7 cm³/mol. The van der Waals surface area contributed by atoms with Crippen molar-refractivity contribution < 1.29 is 8.42 Å². The summed E-state index contributed by atoms with van der Waals surface area (Å²) in [4.78, 5) is 0. The van der Waals surface area contributed by atoms with E-state index in [1.165, 1.54) is 4.31 Å². The predicted octanol–water partition coefficient (Wildman–Crippen LogP) is 3.23. The molecule has 1 atom stereocenters. The molecule has 0 aliphatic rings. The highest BCUT2D eigenvalue weighted by atomic mass is 35.5. The van der Waals surface area contributed by atoms with Gasteiger partial charge in [0.05, 0.1) is 5.75 Å². The number of sulfonamides is 1. The first-order chi connectivity index (χ1) is 8.77. The molecular weight excluding hydrogens is 282 g/mol. The highest BCUT2D eigenvalue weighted by molar-refractivity contribution is 7.88. The third-order valence-electron chi connectivity index (χ3n) is 3.47. The maximum absolute atomic E-state index is 12.3. The Hall–Kier alpha value is -0.580. The molecule has 0 N–H and O–H groups in total. The Labute approximate surface area is 121 Å². The molecule has 1 aromatic rings. The molecule has 1 aromatic carbocycles. The van der Waals surface area contributed by atoms with Crippen LogP contribution in [-0.2, 0) is 21.7 Å². The molecule has 108 valence electrons. The molecular formula is C14H22ClNO2S. The number of hydrogen-bond donors (Lipinski definition) is 0. The molecule has 0 fully saturated rings. The van der Waals surface area contributed by atoms with Crippen molar-refractivity contribution in [2.24, 2.45) is 5.92 Å². The van der Waals surface area contributed by atoms with Crippen molar-refractivity contribution in [1.29, 1.82) is 0 Å². The molecule has 1 unspecified atom stereocenters. The SMILES string of the molecule is CC(C)C(C)N(C)S(=O)(=O)Cc1cccc(CCl)c1. The molecule has 0 aliphatic heterocycles. The average Bonchev–Trinajstić information content (AvgIpc) is 2.36. The first-order valence-electron chi connectivity index (χ1n) is 6.37.